The van der Waals surface area contributed by atoms with Crippen LogP contribution in [0.2, 0.25) is 0 Å². The quantitative estimate of drug-likeness (QED) is 0.514. The molecule has 0 fully saturated rings. The highest BCUT2D eigenvalue weighted by Crippen LogP contribution is 2.19. The highest BCUT2D eigenvalue weighted by atomic mass is 16.2. The van der Waals surface area contributed by atoms with Crippen molar-refractivity contribution in [1.82, 2.24) is 19.1 Å². The maximum Gasteiger partial charge on any atom is 0.332 e. The number of nitrogens with zero attached hydrogens (tertiary/aromatic N) is 3. The zero-order valence-corrected chi connectivity index (χ0v) is 15.5. The molecule has 0 bridgehead atoms. The molecule has 0 saturated carbocycles. The number of hydrogen-bond donors (Lipinski definition) is 1. The molecule has 1 aromatic carbocycles. The third kappa shape index (κ3) is 3.28. The Bertz CT molecular complexity index is 1120. The van der Waals surface area contributed by atoms with Gasteiger partial charge < -0.3 is 4.98 Å². The van der Waals surface area contributed by atoms with Gasteiger partial charge in [0.05, 0.1) is 0 Å². The van der Waals surface area contributed by atoms with Crippen molar-refractivity contribution in [3.63, 3.8) is 0 Å². The smallest absolute Gasteiger partial charge is 0.332 e. The van der Waals surface area contributed by atoms with E-state index in [2.05, 4.69) is 16.5 Å². The molecule has 0 atom stereocenters. The Hall–Kier alpha value is -3.22. The number of hydrogen-bond acceptors (Lipinski definition) is 4. The number of allylic oxidation sites excluding steroid dienone is 1. The SMILES string of the molecule is C=CC(=O)c1ccc(-c2nc3c([nH]2)c(=O)n(CCC)c(=O)n3CCC)cc1. The second-order valence-corrected chi connectivity index (χ2v) is 6.32. The molecule has 140 valence electrons. The number of fused-ring (bicyclic) bond motifs is 1. The number of carbonyl (C=O) groups excluding carboxylic acids is 1. The van der Waals surface area contributed by atoms with Crippen LogP contribution in [0.1, 0.15) is 37.0 Å². The first-order valence-electron chi connectivity index (χ1n) is 9.02. The standard InChI is InChI=1S/C20H22N4O3/c1-4-11-23-18-16(19(26)24(12-5-2)20(23)27)21-17(22-18)14-9-7-13(8-10-14)15(25)6-3/h6-10H,3-5,11-12H2,1-2H3,(H,21,22). The number of aromatic amines is 1. The van der Waals surface area contributed by atoms with Gasteiger partial charge in [0.1, 0.15) is 11.3 Å². The fraction of sp³-hybridized carbons (Fsp3) is 0.300. The maximum absolute atomic E-state index is 12.7. The molecule has 2 aromatic heterocycles. The van der Waals surface area contributed by atoms with Crippen LogP contribution < -0.4 is 11.2 Å². The Morgan fingerprint density at radius 2 is 1.74 bits per heavy atom. The molecule has 0 aliphatic carbocycles. The summed E-state index contributed by atoms with van der Waals surface area (Å²) in [4.78, 5) is 44.7. The van der Waals surface area contributed by atoms with Gasteiger partial charge in [-0.15, -0.1) is 0 Å². The van der Waals surface area contributed by atoms with Crippen LogP contribution in [-0.2, 0) is 13.1 Å². The van der Waals surface area contributed by atoms with Gasteiger partial charge in [0.25, 0.3) is 5.56 Å². The molecule has 7 heteroatoms. The molecular formula is C20H22N4O3. The summed E-state index contributed by atoms with van der Waals surface area (Å²) in [5.41, 5.74) is 1.24. The van der Waals surface area contributed by atoms with Crippen molar-refractivity contribution >= 4 is 16.9 Å². The van der Waals surface area contributed by atoms with E-state index in [1.807, 2.05) is 13.8 Å². The zero-order chi connectivity index (χ0) is 19.6. The van der Waals surface area contributed by atoms with Gasteiger partial charge in [-0.3, -0.25) is 18.7 Å². The number of imidazole rings is 1. The minimum absolute atomic E-state index is 0.162. The summed E-state index contributed by atoms with van der Waals surface area (Å²) in [5, 5.41) is 0. The van der Waals surface area contributed by atoms with E-state index < -0.39 is 0 Å². The minimum atomic E-state index is -0.360. The number of aryl methyl sites for hydroxylation is 1. The fourth-order valence-corrected chi connectivity index (χ4v) is 3.06. The normalized spacial score (nSPS) is 11.0. The van der Waals surface area contributed by atoms with Gasteiger partial charge in [-0.25, -0.2) is 9.78 Å². The maximum atomic E-state index is 12.7. The number of carbonyl (C=O) groups is 1. The monoisotopic (exact) mass is 366 g/mol. The molecule has 0 aliphatic heterocycles. The van der Waals surface area contributed by atoms with Crippen molar-refractivity contribution in [2.45, 2.75) is 39.8 Å². The van der Waals surface area contributed by atoms with Crippen LogP contribution in [0.25, 0.3) is 22.6 Å². The average Bonchev–Trinajstić information content (AvgIpc) is 3.13. The lowest BCUT2D eigenvalue weighted by Gasteiger charge is -2.09. The van der Waals surface area contributed by atoms with Gasteiger partial charge in [0.2, 0.25) is 0 Å². The number of nitrogens with one attached hydrogen (secondary N) is 1. The molecule has 0 radical (unpaired) electrons. The second-order valence-electron chi connectivity index (χ2n) is 6.32. The highest BCUT2D eigenvalue weighted by molar-refractivity contribution is 6.04. The minimum Gasteiger partial charge on any atom is -0.332 e. The molecule has 7 nitrogen and oxygen atoms in total. The largest absolute Gasteiger partial charge is 0.332 e. The van der Waals surface area contributed by atoms with Crippen molar-refractivity contribution in [3.8, 4) is 11.4 Å². The summed E-state index contributed by atoms with van der Waals surface area (Å²) in [7, 11) is 0. The first kappa shape index (κ1) is 18.6. The van der Waals surface area contributed by atoms with Gasteiger partial charge in [-0.1, -0.05) is 44.7 Å². The van der Waals surface area contributed by atoms with Crippen LogP contribution in [0.4, 0.5) is 0 Å². The van der Waals surface area contributed by atoms with Gasteiger partial charge in [0, 0.05) is 24.2 Å². The summed E-state index contributed by atoms with van der Waals surface area (Å²) < 4.78 is 2.80. The molecule has 0 spiro atoms. The summed E-state index contributed by atoms with van der Waals surface area (Å²) in [5.74, 6) is 0.323. The topological polar surface area (TPSA) is 89.8 Å². The molecule has 0 aliphatic rings. The Morgan fingerprint density at radius 1 is 1.11 bits per heavy atom. The summed E-state index contributed by atoms with van der Waals surface area (Å²) in [6.45, 7) is 8.22. The van der Waals surface area contributed by atoms with Crippen molar-refractivity contribution < 1.29 is 4.79 Å². The third-order valence-corrected chi connectivity index (χ3v) is 4.38. The van der Waals surface area contributed by atoms with Crippen molar-refractivity contribution in [1.29, 1.82) is 0 Å². The molecule has 1 N–H and O–H groups in total. The van der Waals surface area contributed by atoms with E-state index >= 15 is 0 Å². The van der Waals surface area contributed by atoms with Crippen LogP contribution >= 0.6 is 0 Å². The van der Waals surface area contributed by atoms with E-state index in [1.165, 1.54) is 10.6 Å². The molecule has 3 aromatic rings. The number of rotatable bonds is 7. The van der Waals surface area contributed by atoms with E-state index in [1.54, 1.807) is 28.8 Å². The van der Waals surface area contributed by atoms with Gasteiger partial charge in [-0.05, 0) is 18.9 Å². The average molecular weight is 366 g/mol. The summed E-state index contributed by atoms with van der Waals surface area (Å²) in [6.07, 6.45) is 2.70. The molecule has 0 saturated heterocycles. The Balaban J connectivity index is 2.19. The number of benzene rings is 1. The van der Waals surface area contributed by atoms with Crippen LogP contribution in [0.3, 0.4) is 0 Å². The third-order valence-electron chi connectivity index (χ3n) is 4.38. The Labute approximate surface area is 156 Å². The van der Waals surface area contributed by atoms with Gasteiger partial charge >= 0.3 is 5.69 Å². The van der Waals surface area contributed by atoms with Crippen LogP contribution in [0, 0.1) is 0 Å². The van der Waals surface area contributed by atoms with E-state index in [4.69, 9.17) is 0 Å². The highest BCUT2D eigenvalue weighted by Gasteiger charge is 2.17. The van der Waals surface area contributed by atoms with Crippen LogP contribution in [0.15, 0.2) is 46.5 Å². The second kappa shape index (κ2) is 7.57. The van der Waals surface area contributed by atoms with Crippen molar-refractivity contribution in [3.05, 3.63) is 63.3 Å². The first-order valence-corrected chi connectivity index (χ1v) is 9.02. The van der Waals surface area contributed by atoms with E-state index in [0.29, 0.717) is 42.1 Å². The number of H-pyrrole nitrogens is 1. The van der Waals surface area contributed by atoms with Gasteiger partial charge in [-0.2, -0.15) is 0 Å². The lowest BCUT2D eigenvalue weighted by atomic mass is 10.1. The fourth-order valence-electron chi connectivity index (χ4n) is 3.06. The van der Waals surface area contributed by atoms with E-state index in [-0.39, 0.29) is 17.0 Å². The first-order chi connectivity index (χ1) is 13.0. The molecular weight excluding hydrogens is 344 g/mol. The predicted molar refractivity (Wildman–Crippen MR) is 105 cm³/mol. The van der Waals surface area contributed by atoms with Crippen molar-refractivity contribution in [2.75, 3.05) is 0 Å². The van der Waals surface area contributed by atoms with Crippen LogP contribution in [0.5, 0.6) is 0 Å². The number of ketones is 1. The summed E-state index contributed by atoms with van der Waals surface area (Å²) in [6, 6.07) is 6.87. The Morgan fingerprint density at radius 3 is 2.33 bits per heavy atom. The molecule has 3 rings (SSSR count). The Kier molecular flexibility index (Phi) is 5.21. The summed E-state index contributed by atoms with van der Waals surface area (Å²) >= 11 is 0. The van der Waals surface area contributed by atoms with E-state index in [0.717, 1.165) is 12.0 Å². The lowest BCUT2D eigenvalue weighted by molar-refractivity contribution is 0.104. The zero-order valence-electron chi connectivity index (χ0n) is 15.5. The molecule has 2 heterocycles. The van der Waals surface area contributed by atoms with E-state index in [9.17, 15) is 14.4 Å². The molecule has 0 unspecified atom stereocenters. The predicted octanol–water partition coefficient (Wildman–Crippen LogP) is 2.74. The lowest BCUT2D eigenvalue weighted by Crippen LogP contribution is -2.40. The molecule has 27 heavy (non-hydrogen) atoms. The van der Waals surface area contributed by atoms with Crippen LogP contribution in [-0.4, -0.2) is 24.9 Å². The van der Waals surface area contributed by atoms with Crippen molar-refractivity contribution in [2.24, 2.45) is 0 Å². The molecule has 0 amide bonds. The number of aromatic nitrogens is 4. The van der Waals surface area contributed by atoms with Gasteiger partial charge in [0.15, 0.2) is 11.4 Å².